The fraction of sp³-hybridized carbons (Fsp3) is 0.200. The number of H-pyrrole nitrogens is 1. The second-order valence-electron chi connectivity index (χ2n) is 4.17. The van der Waals surface area contributed by atoms with Crippen molar-refractivity contribution in [1.82, 2.24) is 10.3 Å². The average Bonchev–Trinajstić information content (AvgIpc) is 2.85. The molecule has 2 rings (SSSR count). The first-order valence-electron chi connectivity index (χ1n) is 6.04. The number of carbonyl (C=O) groups is 2. The molecule has 1 aromatic carbocycles. The molecular weight excluding hydrogens is 256 g/mol. The van der Waals surface area contributed by atoms with Crippen LogP contribution >= 0.6 is 0 Å². The number of amides is 1. The van der Waals surface area contributed by atoms with Gasteiger partial charge in [0.25, 0.3) is 0 Å². The van der Waals surface area contributed by atoms with Crippen LogP contribution in [0.4, 0.5) is 0 Å². The molecule has 0 aliphatic carbocycles. The van der Waals surface area contributed by atoms with Gasteiger partial charge in [0.15, 0.2) is 0 Å². The lowest BCUT2D eigenvalue weighted by atomic mass is 10.1. The zero-order chi connectivity index (χ0) is 14.5. The molecule has 0 bridgehead atoms. The number of aromatic nitrogens is 1. The van der Waals surface area contributed by atoms with Gasteiger partial charge in [0, 0.05) is 29.6 Å². The van der Waals surface area contributed by atoms with E-state index < -0.39 is 0 Å². The third-order valence-electron chi connectivity index (χ3n) is 2.75. The second-order valence-corrected chi connectivity index (χ2v) is 4.17. The van der Waals surface area contributed by atoms with Gasteiger partial charge < -0.3 is 15.0 Å². The minimum absolute atomic E-state index is 0.117. The van der Waals surface area contributed by atoms with Crippen LogP contribution < -0.4 is 5.32 Å². The Kier molecular flexibility index (Phi) is 4.06. The van der Waals surface area contributed by atoms with Gasteiger partial charge in [-0.1, -0.05) is 11.8 Å². The first kappa shape index (κ1) is 13.7. The average molecular weight is 270 g/mol. The van der Waals surface area contributed by atoms with Gasteiger partial charge in [0.1, 0.15) is 0 Å². The molecule has 5 nitrogen and oxygen atoms in total. The van der Waals surface area contributed by atoms with E-state index in [2.05, 4.69) is 22.1 Å². The number of benzene rings is 1. The Bertz CT molecular complexity index is 720. The fourth-order valence-electron chi connectivity index (χ4n) is 1.79. The predicted molar refractivity (Wildman–Crippen MR) is 75.2 cm³/mol. The molecule has 2 aromatic rings. The van der Waals surface area contributed by atoms with Gasteiger partial charge in [-0.25, -0.2) is 4.79 Å². The fourth-order valence-corrected chi connectivity index (χ4v) is 1.79. The van der Waals surface area contributed by atoms with Gasteiger partial charge >= 0.3 is 5.97 Å². The standard InChI is InChI=1S/C15H14N2O3/c1-10(18)16-7-3-4-11-5-6-14-12(8-11)13(9-17-14)15(19)20-2/h5-6,8-9,17H,7H2,1-2H3,(H,16,18). The van der Waals surface area contributed by atoms with Gasteiger partial charge in [-0.15, -0.1) is 0 Å². The lowest BCUT2D eigenvalue weighted by molar-refractivity contribution is -0.118. The number of aromatic amines is 1. The summed E-state index contributed by atoms with van der Waals surface area (Å²) in [4.78, 5) is 25.3. The van der Waals surface area contributed by atoms with E-state index in [-0.39, 0.29) is 11.9 Å². The van der Waals surface area contributed by atoms with Crippen molar-refractivity contribution in [2.24, 2.45) is 0 Å². The normalized spacial score (nSPS) is 9.70. The maximum Gasteiger partial charge on any atom is 0.340 e. The minimum Gasteiger partial charge on any atom is -0.465 e. The molecular formula is C15H14N2O3. The second kappa shape index (κ2) is 5.93. The topological polar surface area (TPSA) is 71.2 Å². The molecule has 0 atom stereocenters. The number of rotatable bonds is 2. The van der Waals surface area contributed by atoms with Crippen molar-refractivity contribution in [3.8, 4) is 11.8 Å². The van der Waals surface area contributed by atoms with E-state index in [0.717, 1.165) is 16.5 Å². The molecule has 0 aliphatic rings. The molecule has 20 heavy (non-hydrogen) atoms. The summed E-state index contributed by atoms with van der Waals surface area (Å²) in [6, 6.07) is 5.52. The van der Waals surface area contributed by atoms with Crippen LogP contribution in [0.5, 0.6) is 0 Å². The van der Waals surface area contributed by atoms with Gasteiger partial charge in [0.2, 0.25) is 5.91 Å². The molecule has 0 aliphatic heterocycles. The molecule has 0 spiro atoms. The van der Waals surface area contributed by atoms with E-state index in [1.807, 2.05) is 18.2 Å². The third-order valence-corrected chi connectivity index (χ3v) is 2.75. The van der Waals surface area contributed by atoms with Crippen LogP contribution in [-0.4, -0.2) is 30.5 Å². The Morgan fingerprint density at radius 3 is 2.90 bits per heavy atom. The van der Waals surface area contributed by atoms with E-state index in [0.29, 0.717) is 12.1 Å². The van der Waals surface area contributed by atoms with Crippen molar-refractivity contribution in [2.45, 2.75) is 6.92 Å². The van der Waals surface area contributed by atoms with Crippen molar-refractivity contribution in [3.05, 3.63) is 35.5 Å². The number of hydrogen-bond acceptors (Lipinski definition) is 3. The minimum atomic E-state index is -0.389. The molecule has 0 saturated heterocycles. The van der Waals surface area contributed by atoms with Crippen LogP contribution in [0.15, 0.2) is 24.4 Å². The number of esters is 1. The number of nitrogens with one attached hydrogen (secondary N) is 2. The molecule has 0 fully saturated rings. The zero-order valence-corrected chi connectivity index (χ0v) is 11.2. The van der Waals surface area contributed by atoms with Crippen LogP contribution in [0.2, 0.25) is 0 Å². The predicted octanol–water partition coefficient (Wildman–Crippen LogP) is 1.44. The lowest BCUT2D eigenvalue weighted by Crippen LogP contribution is -2.19. The molecule has 0 saturated carbocycles. The number of hydrogen-bond donors (Lipinski definition) is 2. The molecule has 5 heteroatoms. The molecule has 0 radical (unpaired) electrons. The first-order chi connectivity index (χ1) is 9.61. The SMILES string of the molecule is COC(=O)c1c[nH]c2ccc(C#CCNC(C)=O)cc12. The van der Waals surface area contributed by atoms with Crippen LogP contribution in [0.25, 0.3) is 10.9 Å². The first-order valence-corrected chi connectivity index (χ1v) is 6.04. The highest BCUT2D eigenvalue weighted by molar-refractivity contribution is 6.04. The van der Waals surface area contributed by atoms with Crippen molar-refractivity contribution in [1.29, 1.82) is 0 Å². The summed E-state index contributed by atoms with van der Waals surface area (Å²) in [5.74, 6) is 5.27. The molecule has 102 valence electrons. The van der Waals surface area contributed by atoms with Crippen molar-refractivity contribution < 1.29 is 14.3 Å². The highest BCUT2D eigenvalue weighted by Crippen LogP contribution is 2.20. The monoisotopic (exact) mass is 270 g/mol. The van der Waals surface area contributed by atoms with Gasteiger partial charge in [0.05, 0.1) is 19.2 Å². The Morgan fingerprint density at radius 2 is 2.20 bits per heavy atom. The Balaban J connectivity index is 2.28. The molecule has 1 aromatic heterocycles. The van der Waals surface area contributed by atoms with Crippen LogP contribution in [0.3, 0.4) is 0 Å². The Morgan fingerprint density at radius 1 is 1.40 bits per heavy atom. The maximum absolute atomic E-state index is 11.6. The quantitative estimate of drug-likeness (QED) is 0.641. The molecule has 1 amide bonds. The number of fused-ring (bicyclic) bond motifs is 1. The van der Waals surface area contributed by atoms with Gasteiger partial charge in [-0.2, -0.15) is 0 Å². The van der Waals surface area contributed by atoms with Crippen LogP contribution in [0.1, 0.15) is 22.8 Å². The molecule has 0 unspecified atom stereocenters. The van der Waals surface area contributed by atoms with Crippen molar-refractivity contribution in [3.63, 3.8) is 0 Å². The van der Waals surface area contributed by atoms with Crippen LogP contribution in [-0.2, 0) is 9.53 Å². The smallest absolute Gasteiger partial charge is 0.340 e. The number of methoxy groups -OCH3 is 1. The van der Waals surface area contributed by atoms with E-state index in [1.54, 1.807) is 6.20 Å². The van der Waals surface area contributed by atoms with Crippen LogP contribution in [0, 0.1) is 11.8 Å². The van der Waals surface area contributed by atoms with E-state index in [9.17, 15) is 9.59 Å². The highest BCUT2D eigenvalue weighted by Gasteiger charge is 2.11. The third kappa shape index (κ3) is 2.98. The van der Waals surface area contributed by atoms with Gasteiger partial charge in [-0.3, -0.25) is 4.79 Å². The van der Waals surface area contributed by atoms with E-state index in [4.69, 9.17) is 4.74 Å². The van der Waals surface area contributed by atoms with Gasteiger partial charge in [-0.05, 0) is 18.2 Å². The summed E-state index contributed by atoms with van der Waals surface area (Å²) >= 11 is 0. The summed E-state index contributed by atoms with van der Waals surface area (Å²) in [6.07, 6.45) is 1.62. The Hall–Kier alpha value is -2.74. The molecule has 1 heterocycles. The number of carbonyl (C=O) groups excluding carboxylic acids is 2. The van der Waals surface area contributed by atoms with E-state index >= 15 is 0 Å². The summed E-state index contributed by atoms with van der Waals surface area (Å²) < 4.78 is 4.73. The summed E-state index contributed by atoms with van der Waals surface area (Å²) in [5, 5.41) is 3.36. The lowest BCUT2D eigenvalue weighted by Gasteiger charge is -1.97. The number of ether oxygens (including phenoxy) is 1. The highest BCUT2D eigenvalue weighted by atomic mass is 16.5. The Labute approximate surface area is 116 Å². The summed E-state index contributed by atoms with van der Waals surface area (Å²) in [6.45, 7) is 1.74. The summed E-state index contributed by atoms with van der Waals surface area (Å²) in [7, 11) is 1.35. The largest absolute Gasteiger partial charge is 0.465 e. The maximum atomic E-state index is 11.6. The van der Waals surface area contributed by atoms with Crippen molar-refractivity contribution >= 4 is 22.8 Å². The zero-order valence-electron chi connectivity index (χ0n) is 11.2. The van der Waals surface area contributed by atoms with E-state index in [1.165, 1.54) is 14.0 Å². The molecule has 2 N–H and O–H groups in total. The summed E-state index contributed by atoms with van der Waals surface area (Å²) in [5.41, 5.74) is 2.10. The van der Waals surface area contributed by atoms with Crippen molar-refractivity contribution in [2.75, 3.05) is 13.7 Å².